The van der Waals surface area contributed by atoms with Gasteiger partial charge in [0, 0.05) is 17.5 Å². The number of carbonyl (C=O) groups is 2. The second-order valence-corrected chi connectivity index (χ2v) is 9.53. The first kappa shape index (κ1) is 23.5. The van der Waals surface area contributed by atoms with Crippen molar-refractivity contribution >= 4 is 22.1 Å². The zero-order valence-electron chi connectivity index (χ0n) is 18.5. The van der Waals surface area contributed by atoms with Gasteiger partial charge < -0.3 is 14.0 Å². The summed E-state index contributed by atoms with van der Waals surface area (Å²) >= 11 is 0. The van der Waals surface area contributed by atoms with Crippen LogP contribution in [0.3, 0.4) is 0 Å². The number of cyclic esters (lactones) is 1. The first-order valence-corrected chi connectivity index (χ1v) is 11.6. The van der Waals surface area contributed by atoms with E-state index in [-0.39, 0.29) is 35.7 Å². The zero-order valence-corrected chi connectivity index (χ0v) is 19.3. The Morgan fingerprint density at radius 2 is 1.78 bits per heavy atom. The van der Waals surface area contributed by atoms with Crippen LogP contribution >= 0.6 is 0 Å². The van der Waals surface area contributed by atoms with Gasteiger partial charge in [0.1, 0.15) is 17.1 Å². The lowest BCUT2D eigenvalue weighted by molar-refractivity contribution is -0.136. The molecule has 1 aliphatic rings. The van der Waals surface area contributed by atoms with E-state index in [0.717, 1.165) is 22.3 Å². The quantitative estimate of drug-likeness (QED) is 0.355. The van der Waals surface area contributed by atoms with Gasteiger partial charge in [-0.3, -0.25) is 4.79 Å². The van der Waals surface area contributed by atoms with Crippen LogP contribution < -0.4 is 4.18 Å². The Hall–Kier alpha value is -3.13. The monoisotopic (exact) mass is 458 g/mol. The van der Waals surface area contributed by atoms with E-state index in [4.69, 9.17) is 14.0 Å². The van der Waals surface area contributed by atoms with Crippen LogP contribution in [0.25, 0.3) is 0 Å². The number of carbonyl (C=O) groups excluding carboxylic acids is 1. The molecule has 7 nitrogen and oxygen atoms in total. The first-order chi connectivity index (χ1) is 15.0. The Kier molecular flexibility index (Phi) is 6.74. The molecular formula is C24H26O7S. The minimum atomic E-state index is -4.19. The molecule has 3 rings (SSSR count). The molecule has 0 saturated heterocycles. The van der Waals surface area contributed by atoms with Crippen molar-refractivity contribution in [1.82, 2.24) is 0 Å². The number of hydrogen-bond acceptors (Lipinski definition) is 6. The van der Waals surface area contributed by atoms with Gasteiger partial charge in [-0.05, 0) is 63.8 Å². The molecule has 0 atom stereocenters. The molecule has 2 aromatic carbocycles. The molecule has 0 radical (unpaired) electrons. The van der Waals surface area contributed by atoms with Crippen LogP contribution in [0.15, 0.2) is 40.8 Å². The Bertz CT molecular complexity index is 1210. The number of carboxylic acid groups (broad SMARTS) is 1. The minimum absolute atomic E-state index is 0.00200. The molecular weight excluding hydrogens is 432 g/mol. The summed E-state index contributed by atoms with van der Waals surface area (Å²) in [7, 11) is -4.19. The Labute approximate surface area is 187 Å². The predicted octanol–water partition coefficient (Wildman–Crippen LogP) is 4.40. The minimum Gasteiger partial charge on any atom is -0.481 e. The molecule has 32 heavy (non-hydrogen) atoms. The number of benzene rings is 2. The summed E-state index contributed by atoms with van der Waals surface area (Å²) in [5.74, 6) is -1.53. The van der Waals surface area contributed by atoms with Crippen molar-refractivity contribution in [3.63, 3.8) is 0 Å². The highest BCUT2D eigenvalue weighted by Crippen LogP contribution is 2.40. The lowest BCUT2D eigenvalue weighted by atomic mass is 9.91. The maximum atomic E-state index is 13.0. The standard InChI is InChI=1S/C24H26O7S/c1-14-5-9-18(10-6-14)32(28,29)31-23-19(11-7-15(2)8-12-21(25)26)16(3)17(4)20-13-30-24(27)22(20)23/h5-7,9-10H,8,11-13H2,1-4H3,(H,25,26)/b15-7+. The van der Waals surface area contributed by atoms with E-state index in [1.807, 2.05) is 33.8 Å². The van der Waals surface area contributed by atoms with Crippen molar-refractivity contribution in [3.8, 4) is 5.75 Å². The van der Waals surface area contributed by atoms with E-state index >= 15 is 0 Å². The van der Waals surface area contributed by atoms with Crippen molar-refractivity contribution in [2.45, 2.75) is 58.5 Å². The molecule has 0 fully saturated rings. The fourth-order valence-electron chi connectivity index (χ4n) is 3.59. The second kappa shape index (κ2) is 9.16. The van der Waals surface area contributed by atoms with Crippen LogP contribution in [0.4, 0.5) is 0 Å². The summed E-state index contributed by atoms with van der Waals surface area (Å²) in [4.78, 5) is 23.3. The van der Waals surface area contributed by atoms with Crippen molar-refractivity contribution in [3.05, 3.63) is 69.3 Å². The third kappa shape index (κ3) is 4.85. The van der Waals surface area contributed by atoms with E-state index in [2.05, 4.69) is 0 Å². The van der Waals surface area contributed by atoms with E-state index in [1.165, 1.54) is 12.1 Å². The fourth-order valence-corrected chi connectivity index (χ4v) is 4.56. The number of ether oxygens (including phenoxy) is 1. The highest BCUT2D eigenvalue weighted by molar-refractivity contribution is 7.87. The highest BCUT2D eigenvalue weighted by atomic mass is 32.2. The molecule has 0 amide bonds. The Morgan fingerprint density at radius 1 is 1.12 bits per heavy atom. The summed E-state index contributed by atoms with van der Waals surface area (Å²) < 4.78 is 36.8. The van der Waals surface area contributed by atoms with E-state index < -0.39 is 22.1 Å². The molecule has 0 unspecified atom stereocenters. The number of esters is 1. The Balaban J connectivity index is 2.09. The van der Waals surface area contributed by atoms with Crippen LogP contribution in [0, 0.1) is 20.8 Å². The van der Waals surface area contributed by atoms with Gasteiger partial charge in [-0.15, -0.1) is 0 Å². The van der Waals surface area contributed by atoms with Crippen LogP contribution in [-0.2, 0) is 32.7 Å². The number of hydrogen-bond donors (Lipinski definition) is 1. The molecule has 0 bridgehead atoms. The predicted molar refractivity (Wildman–Crippen MR) is 118 cm³/mol. The molecule has 0 aromatic heterocycles. The third-order valence-corrected chi connectivity index (χ3v) is 6.95. The van der Waals surface area contributed by atoms with Crippen molar-refractivity contribution in [1.29, 1.82) is 0 Å². The van der Waals surface area contributed by atoms with Gasteiger partial charge >= 0.3 is 22.1 Å². The average molecular weight is 459 g/mol. The number of carboxylic acids is 1. The topological polar surface area (TPSA) is 107 Å². The molecule has 0 aliphatic carbocycles. The molecule has 2 aromatic rings. The van der Waals surface area contributed by atoms with Gasteiger partial charge in [-0.1, -0.05) is 29.3 Å². The number of allylic oxidation sites excluding steroid dienone is 2. The summed E-state index contributed by atoms with van der Waals surface area (Å²) in [6.45, 7) is 7.44. The second-order valence-electron chi connectivity index (χ2n) is 7.99. The number of aryl methyl sites for hydroxylation is 1. The first-order valence-electron chi connectivity index (χ1n) is 10.2. The third-order valence-electron chi connectivity index (χ3n) is 5.71. The molecule has 1 aliphatic heterocycles. The van der Waals surface area contributed by atoms with Gasteiger partial charge in [-0.2, -0.15) is 8.42 Å². The van der Waals surface area contributed by atoms with Gasteiger partial charge in [0.15, 0.2) is 5.75 Å². The summed E-state index contributed by atoms with van der Waals surface area (Å²) in [5, 5.41) is 8.89. The summed E-state index contributed by atoms with van der Waals surface area (Å²) in [5.41, 5.74) is 4.72. The highest BCUT2D eigenvalue weighted by Gasteiger charge is 2.34. The maximum Gasteiger partial charge on any atom is 0.342 e. The number of rotatable bonds is 8. The maximum absolute atomic E-state index is 13.0. The van der Waals surface area contributed by atoms with Crippen LogP contribution in [0.1, 0.15) is 57.9 Å². The Morgan fingerprint density at radius 3 is 2.41 bits per heavy atom. The largest absolute Gasteiger partial charge is 0.481 e. The zero-order chi connectivity index (χ0) is 23.6. The molecule has 170 valence electrons. The van der Waals surface area contributed by atoms with Crippen LogP contribution in [0.5, 0.6) is 5.75 Å². The van der Waals surface area contributed by atoms with Crippen LogP contribution in [-0.4, -0.2) is 25.5 Å². The smallest absolute Gasteiger partial charge is 0.342 e. The van der Waals surface area contributed by atoms with Gasteiger partial charge in [-0.25, -0.2) is 4.79 Å². The van der Waals surface area contributed by atoms with Gasteiger partial charge in [0.25, 0.3) is 0 Å². The SMILES string of the molecule is C/C(=C\Cc1c(C)c(C)c2c(c1OS(=O)(=O)c1ccc(C)cc1)C(=O)OC2)CCC(=O)O. The van der Waals surface area contributed by atoms with Gasteiger partial charge in [0.2, 0.25) is 0 Å². The molecule has 8 heteroatoms. The summed E-state index contributed by atoms with van der Waals surface area (Å²) in [6.07, 6.45) is 2.50. The van der Waals surface area contributed by atoms with Crippen molar-refractivity contribution < 1.29 is 32.0 Å². The number of fused-ring (bicyclic) bond motifs is 1. The average Bonchev–Trinajstić information content (AvgIpc) is 3.11. The van der Waals surface area contributed by atoms with Gasteiger partial charge in [0.05, 0.1) is 0 Å². The fraction of sp³-hybridized carbons (Fsp3) is 0.333. The lowest BCUT2D eigenvalue weighted by Crippen LogP contribution is -2.15. The normalized spacial score (nSPS) is 13.6. The number of aliphatic carboxylic acids is 1. The van der Waals surface area contributed by atoms with E-state index in [9.17, 15) is 18.0 Å². The van der Waals surface area contributed by atoms with E-state index in [1.54, 1.807) is 12.1 Å². The van der Waals surface area contributed by atoms with E-state index in [0.29, 0.717) is 17.5 Å². The lowest BCUT2D eigenvalue weighted by Gasteiger charge is -2.18. The van der Waals surface area contributed by atoms with Crippen molar-refractivity contribution in [2.75, 3.05) is 0 Å². The van der Waals surface area contributed by atoms with Crippen LogP contribution in [0.2, 0.25) is 0 Å². The molecule has 1 N–H and O–H groups in total. The molecule has 0 spiro atoms. The van der Waals surface area contributed by atoms with Crippen molar-refractivity contribution in [2.24, 2.45) is 0 Å². The molecule has 0 saturated carbocycles. The molecule has 1 heterocycles. The summed E-state index contributed by atoms with van der Waals surface area (Å²) in [6, 6.07) is 6.26.